The first-order valence-electron chi connectivity index (χ1n) is 38.7. The SMILES string of the molecule is CCC(C)(C)C(=O)NC1CCC(OC(=O)/C=C/c2cc(OCCCC(C)(OCCC(F)(F)C(F)(F)C(F)(F)C(F)(F)F)OCCC(F)(F)C(F)(F)C(F)(F)C(F)(F)F)c(OCCCC(C)(OCCC(F)(F)C(F)(F)C(F)(F)C(F)(F)F)OCCC(F)(F)C(F)(F)C(F)(F)C(F)(F)F)c(OCCCC(C)(OCCC(F)(F)C(F)(F)C(F)(F)C(F)(F)F)OCCC(F)(F)C(F)(F)C(F)(F)C(F)(F)F)c2)CC1. The zero-order chi connectivity index (χ0) is 110. The van der Waals surface area contributed by atoms with Crippen molar-refractivity contribution in [1.29, 1.82) is 0 Å². The van der Waals surface area contributed by atoms with E-state index in [0.717, 1.165) is 0 Å². The molecule has 1 aliphatic rings. The molecular formula is C72H77F54NO12. The molecule has 0 saturated heterocycles. The molecule has 1 amide bonds. The van der Waals surface area contributed by atoms with Gasteiger partial charge in [0.15, 0.2) is 28.9 Å². The van der Waals surface area contributed by atoms with Crippen LogP contribution in [0.1, 0.15) is 156 Å². The van der Waals surface area contributed by atoms with Crippen LogP contribution in [0.15, 0.2) is 18.2 Å². The number of nitrogens with one attached hydrogen (secondary N) is 1. The number of benzene rings is 1. The van der Waals surface area contributed by atoms with Crippen LogP contribution in [-0.2, 0) is 42.7 Å². The Bertz CT molecular complexity index is 3780. The minimum Gasteiger partial charge on any atom is -0.490 e. The lowest BCUT2D eigenvalue weighted by molar-refractivity contribution is -0.399. The van der Waals surface area contributed by atoms with Gasteiger partial charge in [0.2, 0.25) is 11.7 Å². The number of amides is 1. The predicted molar refractivity (Wildman–Crippen MR) is 358 cm³/mol. The molecule has 0 aromatic heterocycles. The summed E-state index contributed by atoms with van der Waals surface area (Å²) in [6.07, 6.45) is -73.7. The van der Waals surface area contributed by atoms with Crippen LogP contribution in [0, 0.1) is 5.41 Å². The molecule has 0 heterocycles. The minimum absolute atomic E-state index is 0.0496. The molecule has 820 valence electrons. The van der Waals surface area contributed by atoms with E-state index in [9.17, 15) is 247 Å². The van der Waals surface area contributed by atoms with Crippen molar-refractivity contribution in [3.63, 3.8) is 0 Å². The van der Waals surface area contributed by atoms with E-state index in [0.29, 0.717) is 30.7 Å². The molecule has 1 fully saturated rings. The van der Waals surface area contributed by atoms with E-state index in [1.54, 1.807) is 20.8 Å². The van der Waals surface area contributed by atoms with E-state index < -0.39 is 350 Å². The van der Waals surface area contributed by atoms with E-state index in [1.165, 1.54) is 0 Å². The molecule has 1 aliphatic carbocycles. The minimum atomic E-state index is -7.75. The highest BCUT2D eigenvalue weighted by atomic mass is 19.5. The topological polar surface area (TPSA) is 138 Å². The van der Waals surface area contributed by atoms with Gasteiger partial charge in [0.1, 0.15) is 6.10 Å². The molecule has 0 radical (unpaired) electrons. The van der Waals surface area contributed by atoms with Crippen molar-refractivity contribution in [2.75, 3.05) is 59.5 Å². The van der Waals surface area contributed by atoms with Crippen LogP contribution in [0.25, 0.3) is 6.08 Å². The smallest absolute Gasteiger partial charge is 0.460 e. The van der Waals surface area contributed by atoms with Crippen LogP contribution in [-0.4, -0.2) is 245 Å². The third kappa shape index (κ3) is 29.0. The lowest BCUT2D eigenvalue weighted by Crippen LogP contribution is -2.61. The maximum atomic E-state index is 14.8. The number of rotatable bonds is 57. The van der Waals surface area contributed by atoms with Gasteiger partial charge in [0.05, 0.1) is 59.5 Å². The van der Waals surface area contributed by atoms with Crippen molar-refractivity contribution < 1.29 is 294 Å². The van der Waals surface area contributed by atoms with E-state index >= 15 is 0 Å². The third-order valence-corrected chi connectivity index (χ3v) is 20.5. The molecular weight excluding hydrogens is 2100 g/mol. The molecule has 0 aliphatic heterocycles. The molecule has 0 spiro atoms. The molecule has 139 heavy (non-hydrogen) atoms. The van der Waals surface area contributed by atoms with Gasteiger partial charge in [-0.05, 0) is 95.9 Å². The van der Waals surface area contributed by atoms with Gasteiger partial charge in [-0.2, -0.15) is 237 Å². The molecule has 13 nitrogen and oxygen atoms in total. The van der Waals surface area contributed by atoms with Crippen molar-refractivity contribution in [1.82, 2.24) is 5.32 Å². The monoisotopic (exact) mass is 2170 g/mol. The summed E-state index contributed by atoms with van der Waals surface area (Å²) in [5.74, 6) is -149. The second kappa shape index (κ2) is 43.5. The Kier molecular flexibility index (Phi) is 40.2. The van der Waals surface area contributed by atoms with Crippen LogP contribution >= 0.6 is 0 Å². The van der Waals surface area contributed by atoms with E-state index in [-0.39, 0.29) is 46.5 Å². The maximum Gasteiger partial charge on any atom is 0.460 e. The Morgan fingerprint density at radius 1 is 0.295 bits per heavy atom. The average Bonchev–Trinajstić information content (AvgIpc) is 0.765. The van der Waals surface area contributed by atoms with Crippen molar-refractivity contribution in [2.24, 2.45) is 5.41 Å². The molecule has 2 rings (SSSR count). The van der Waals surface area contributed by atoms with Gasteiger partial charge in [0, 0.05) is 75.3 Å². The summed E-state index contributed by atoms with van der Waals surface area (Å²) in [6.45, 7) is -14.9. The van der Waals surface area contributed by atoms with Crippen LogP contribution in [0.5, 0.6) is 17.2 Å². The van der Waals surface area contributed by atoms with E-state index in [2.05, 4.69) is 33.7 Å². The predicted octanol–water partition coefficient (Wildman–Crippen LogP) is 27.0. The molecule has 0 atom stereocenters. The van der Waals surface area contributed by atoms with Crippen molar-refractivity contribution in [3.8, 4) is 17.2 Å². The number of halogens is 54. The number of carbonyl (C=O) groups is 2. The fourth-order valence-electron chi connectivity index (χ4n) is 11.3. The molecule has 0 bridgehead atoms. The van der Waals surface area contributed by atoms with Crippen molar-refractivity contribution >= 4 is 18.0 Å². The van der Waals surface area contributed by atoms with Gasteiger partial charge in [-0.3, -0.25) is 4.79 Å². The highest BCUT2D eigenvalue weighted by Crippen LogP contribution is 2.62. The van der Waals surface area contributed by atoms with Gasteiger partial charge >= 0.3 is 150 Å². The summed E-state index contributed by atoms with van der Waals surface area (Å²) in [4.78, 5) is 26.4. The summed E-state index contributed by atoms with van der Waals surface area (Å²) >= 11 is 0. The lowest BCUT2D eigenvalue weighted by Gasteiger charge is -2.36. The Morgan fingerprint density at radius 2 is 0.504 bits per heavy atom. The molecule has 67 heteroatoms. The zero-order valence-corrected chi connectivity index (χ0v) is 70.7. The van der Waals surface area contributed by atoms with Crippen LogP contribution in [0.2, 0.25) is 0 Å². The van der Waals surface area contributed by atoms with Crippen LogP contribution < -0.4 is 19.5 Å². The summed E-state index contributed by atoms with van der Waals surface area (Å²) < 4.78 is 800. The lowest BCUT2D eigenvalue weighted by atomic mass is 9.87. The van der Waals surface area contributed by atoms with Gasteiger partial charge in [-0.25, -0.2) is 4.79 Å². The maximum absolute atomic E-state index is 14.8. The van der Waals surface area contributed by atoms with Crippen molar-refractivity contribution in [3.05, 3.63) is 23.8 Å². The third-order valence-electron chi connectivity index (χ3n) is 20.5. The molecule has 1 N–H and O–H groups in total. The number of hydrogen-bond donors (Lipinski definition) is 1. The number of esters is 1. The largest absolute Gasteiger partial charge is 0.490 e. The Balaban J connectivity index is 3.28. The fraction of sp³-hybridized carbons (Fsp3) is 0.861. The summed E-state index contributed by atoms with van der Waals surface area (Å²) in [5.41, 5.74) is -1.74. The second-order valence-electron chi connectivity index (χ2n) is 31.8. The molecule has 0 unspecified atom stereocenters. The van der Waals surface area contributed by atoms with Gasteiger partial charge in [0.25, 0.3) is 0 Å². The number of alkyl halides is 54. The Morgan fingerprint density at radius 3 is 0.705 bits per heavy atom. The quantitative estimate of drug-likeness (QED) is 0.0218. The summed E-state index contributed by atoms with van der Waals surface area (Å²) in [5, 5.41) is 2.73. The first-order valence-corrected chi connectivity index (χ1v) is 38.7. The number of hydrogen-bond acceptors (Lipinski definition) is 12. The highest BCUT2D eigenvalue weighted by molar-refractivity contribution is 5.87. The van der Waals surface area contributed by atoms with Gasteiger partial charge in [-0.15, -0.1) is 0 Å². The average molecular weight is 2170 g/mol. The zero-order valence-electron chi connectivity index (χ0n) is 70.7. The van der Waals surface area contributed by atoms with Gasteiger partial charge < -0.3 is 52.7 Å². The Hall–Kier alpha value is -6.72. The van der Waals surface area contributed by atoms with E-state index in [4.69, 9.17) is 18.9 Å². The fourth-order valence-corrected chi connectivity index (χ4v) is 11.3. The summed E-state index contributed by atoms with van der Waals surface area (Å²) in [7, 11) is 0. The highest BCUT2D eigenvalue weighted by Gasteiger charge is 2.87. The van der Waals surface area contributed by atoms with Crippen LogP contribution in [0.4, 0.5) is 237 Å². The normalized spacial score (nSPS) is 17.1. The Labute approximate surface area is 746 Å². The van der Waals surface area contributed by atoms with Crippen molar-refractivity contribution in [2.45, 2.75) is 324 Å². The first kappa shape index (κ1) is 128. The standard InChI is InChI=1S/C72H77F54NO12/c1-7-45(2,3)44(129)127-38-12-14-39(15-13-38)139-42(128)16-11-37-35-40(130-26-8-17-46(4,133-29-20-49(73,74)55(85,86)61(97,98)67(109,110)111)134-30-21-50(75,76)56(87,88)62(99,100)68(112,113)114)43(132-28-10-19-48(6,137-33-24-53(81,82)59(93,94)65(105,106)71(121,122)123)138-34-25-54(83,84)60(95,96)66(107,108)72(124,125)126)41(36-37)131-27-9-18-47(5,135-31-22-51(77,78)57(89,90)63(101,102)69(115,116)117)136-32-23-52(79,80)58(91,92)64(103,104)70(118,119)120/h11,16,35-36,38-39H,7-10,12-15,17-34H2,1-6H3,(H,127,129)/b16-11+. The van der Waals surface area contributed by atoms with Crippen LogP contribution in [0.3, 0.4) is 0 Å². The summed E-state index contributed by atoms with van der Waals surface area (Å²) in [6, 6.07) is 0.272. The van der Waals surface area contributed by atoms with Gasteiger partial charge in [-0.1, -0.05) is 20.8 Å². The first-order chi connectivity index (χ1) is 61.4. The molecule has 1 aromatic rings. The molecule has 1 aromatic carbocycles. The number of ether oxygens (including phenoxy) is 10. The van der Waals surface area contributed by atoms with E-state index in [1.807, 2.05) is 0 Å². The molecule has 1 saturated carbocycles. The number of carbonyl (C=O) groups excluding carboxylic acids is 2. The second-order valence-corrected chi connectivity index (χ2v) is 31.8.